The molecule has 4 nitrogen and oxygen atoms in total. The normalized spacial score (nSPS) is 31.6. The molecule has 0 aromatic heterocycles. The van der Waals surface area contributed by atoms with Crippen LogP contribution >= 0.6 is 0 Å². The molecule has 0 radical (unpaired) electrons. The van der Waals surface area contributed by atoms with Crippen LogP contribution in [0.4, 0.5) is 0 Å². The fourth-order valence-electron chi connectivity index (χ4n) is 1.87. The van der Waals surface area contributed by atoms with Crippen molar-refractivity contribution in [2.24, 2.45) is 5.92 Å². The van der Waals surface area contributed by atoms with Gasteiger partial charge in [-0.25, -0.2) is 0 Å². The monoisotopic (exact) mass is 230 g/mol. The lowest BCUT2D eigenvalue weighted by Crippen LogP contribution is -2.40. The second-order valence-electron chi connectivity index (χ2n) is 4.00. The first-order valence-electron chi connectivity index (χ1n) is 5.97. The van der Waals surface area contributed by atoms with E-state index in [4.69, 9.17) is 14.6 Å². The third kappa shape index (κ3) is 3.56. The third-order valence-electron chi connectivity index (χ3n) is 2.71. The molecular formula is C12H22O4. The molecule has 0 aromatic carbocycles. The van der Waals surface area contributed by atoms with Crippen LogP contribution < -0.4 is 0 Å². The van der Waals surface area contributed by atoms with Gasteiger partial charge in [0, 0.05) is 6.61 Å². The van der Waals surface area contributed by atoms with Gasteiger partial charge in [0.25, 0.3) is 0 Å². The van der Waals surface area contributed by atoms with Gasteiger partial charge in [0.15, 0.2) is 6.29 Å². The lowest BCUT2D eigenvalue weighted by molar-refractivity contribution is -0.205. The molecule has 4 atom stereocenters. The first-order valence-corrected chi connectivity index (χ1v) is 5.97. The zero-order chi connectivity index (χ0) is 12.0. The molecule has 4 heteroatoms. The molecule has 0 spiro atoms. The highest BCUT2D eigenvalue weighted by molar-refractivity contribution is 5.02. The maximum absolute atomic E-state index is 9.96. The minimum atomic E-state index is -0.450. The van der Waals surface area contributed by atoms with Crippen molar-refractivity contribution in [3.8, 4) is 0 Å². The van der Waals surface area contributed by atoms with E-state index in [0.29, 0.717) is 6.61 Å². The molecule has 0 aliphatic carbocycles. The molecule has 94 valence electrons. The second-order valence-corrected chi connectivity index (χ2v) is 4.00. The Bertz CT molecular complexity index is 217. The van der Waals surface area contributed by atoms with Crippen LogP contribution in [0.25, 0.3) is 0 Å². The fourth-order valence-corrected chi connectivity index (χ4v) is 1.87. The van der Waals surface area contributed by atoms with E-state index in [2.05, 4.69) is 0 Å². The summed E-state index contributed by atoms with van der Waals surface area (Å²) in [7, 11) is 0. The molecule has 0 saturated heterocycles. The van der Waals surface area contributed by atoms with Crippen molar-refractivity contribution in [1.82, 2.24) is 0 Å². The highest BCUT2D eigenvalue weighted by Gasteiger charge is 2.31. The van der Waals surface area contributed by atoms with Crippen molar-refractivity contribution in [2.45, 2.75) is 45.2 Å². The summed E-state index contributed by atoms with van der Waals surface area (Å²) in [4.78, 5) is 0. The fraction of sp³-hybridized carbons (Fsp3) is 0.833. The third-order valence-corrected chi connectivity index (χ3v) is 2.71. The van der Waals surface area contributed by atoms with Gasteiger partial charge in [0.1, 0.15) is 6.10 Å². The average molecular weight is 230 g/mol. The Morgan fingerprint density at radius 1 is 1.38 bits per heavy atom. The lowest BCUT2D eigenvalue weighted by Gasteiger charge is -2.33. The summed E-state index contributed by atoms with van der Waals surface area (Å²) in [5.41, 5.74) is 0. The standard InChI is InChI=1S/C12H22O4/c1-3-5-11(14)10-7-6-9(8-13)16-12(10)15-4-2/h6-7,9-14H,3-5,8H2,1-2H3/t9-,10+,11?,12-/m0/s1. The predicted octanol–water partition coefficient (Wildman–Crippen LogP) is 1.07. The molecule has 0 aromatic rings. The van der Waals surface area contributed by atoms with E-state index in [0.717, 1.165) is 12.8 Å². The molecule has 1 aliphatic heterocycles. The van der Waals surface area contributed by atoms with Crippen LogP contribution in [-0.2, 0) is 9.47 Å². The zero-order valence-electron chi connectivity index (χ0n) is 10.0. The van der Waals surface area contributed by atoms with Crippen LogP contribution in [0.5, 0.6) is 0 Å². The summed E-state index contributed by atoms with van der Waals surface area (Å²) in [6.07, 6.45) is 4.12. The van der Waals surface area contributed by atoms with Gasteiger partial charge >= 0.3 is 0 Å². The topological polar surface area (TPSA) is 58.9 Å². The summed E-state index contributed by atoms with van der Waals surface area (Å²) >= 11 is 0. The SMILES string of the molecule is CCCC(O)[C@H]1C=C[C@@H](CO)O[C@@H]1OCC. The number of hydrogen-bond acceptors (Lipinski definition) is 4. The van der Waals surface area contributed by atoms with E-state index in [9.17, 15) is 5.11 Å². The van der Waals surface area contributed by atoms with Crippen molar-refractivity contribution in [2.75, 3.05) is 13.2 Å². The maximum Gasteiger partial charge on any atom is 0.167 e. The van der Waals surface area contributed by atoms with Crippen LogP contribution in [0.15, 0.2) is 12.2 Å². The summed E-state index contributed by atoms with van der Waals surface area (Å²) in [5.74, 6) is -0.136. The van der Waals surface area contributed by atoms with E-state index in [1.165, 1.54) is 0 Å². The second kappa shape index (κ2) is 7.01. The molecular weight excluding hydrogens is 208 g/mol. The first kappa shape index (κ1) is 13.6. The smallest absolute Gasteiger partial charge is 0.167 e. The number of hydrogen-bond donors (Lipinski definition) is 2. The predicted molar refractivity (Wildman–Crippen MR) is 60.9 cm³/mol. The molecule has 1 unspecified atom stereocenters. The van der Waals surface area contributed by atoms with Crippen LogP contribution in [0, 0.1) is 5.92 Å². The highest BCUT2D eigenvalue weighted by atomic mass is 16.7. The van der Waals surface area contributed by atoms with E-state index in [1.807, 2.05) is 19.9 Å². The molecule has 1 heterocycles. The molecule has 0 amide bonds. The van der Waals surface area contributed by atoms with Crippen molar-refractivity contribution in [1.29, 1.82) is 0 Å². The van der Waals surface area contributed by atoms with Crippen LogP contribution in [0.2, 0.25) is 0 Å². The van der Waals surface area contributed by atoms with E-state index in [1.54, 1.807) is 6.08 Å². The average Bonchev–Trinajstić information content (AvgIpc) is 2.29. The molecule has 1 aliphatic rings. The number of ether oxygens (including phenoxy) is 2. The Hall–Kier alpha value is -0.420. The Kier molecular flexibility index (Phi) is 5.98. The first-order chi connectivity index (χ1) is 7.72. The van der Waals surface area contributed by atoms with E-state index < -0.39 is 12.4 Å². The van der Waals surface area contributed by atoms with Crippen molar-refractivity contribution < 1.29 is 19.7 Å². The van der Waals surface area contributed by atoms with Gasteiger partial charge in [-0.15, -0.1) is 0 Å². The summed E-state index contributed by atoms with van der Waals surface area (Å²) < 4.78 is 11.0. The molecule has 2 N–H and O–H groups in total. The number of rotatable bonds is 6. The number of aliphatic hydroxyl groups excluding tert-OH is 2. The quantitative estimate of drug-likeness (QED) is 0.670. The Morgan fingerprint density at radius 3 is 2.69 bits per heavy atom. The van der Waals surface area contributed by atoms with E-state index in [-0.39, 0.29) is 18.6 Å². The van der Waals surface area contributed by atoms with Crippen molar-refractivity contribution in [3.63, 3.8) is 0 Å². The molecule has 0 bridgehead atoms. The van der Waals surface area contributed by atoms with Gasteiger partial charge in [-0.1, -0.05) is 25.5 Å². The minimum Gasteiger partial charge on any atom is -0.393 e. The van der Waals surface area contributed by atoms with Crippen molar-refractivity contribution in [3.05, 3.63) is 12.2 Å². The van der Waals surface area contributed by atoms with Gasteiger partial charge in [-0.3, -0.25) is 0 Å². The van der Waals surface area contributed by atoms with Gasteiger partial charge < -0.3 is 19.7 Å². The molecule has 1 rings (SSSR count). The zero-order valence-corrected chi connectivity index (χ0v) is 10.0. The summed E-state index contributed by atoms with van der Waals surface area (Å²) in [6, 6.07) is 0. The van der Waals surface area contributed by atoms with Crippen LogP contribution in [0.3, 0.4) is 0 Å². The Labute approximate surface area is 96.9 Å². The summed E-state index contributed by atoms with van der Waals surface area (Å²) in [6.45, 7) is 4.39. The maximum atomic E-state index is 9.96. The number of aliphatic hydroxyl groups is 2. The van der Waals surface area contributed by atoms with E-state index >= 15 is 0 Å². The van der Waals surface area contributed by atoms with Crippen molar-refractivity contribution >= 4 is 0 Å². The molecule has 16 heavy (non-hydrogen) atoms. The largest absolute Gasteiger partial charge is 0.393 e. The minimum absolute atomic E-state index is 0.0589. The van der Waals surface area contributed by atoms with Crippen LogP contribution in [-0.4, -0.2) is 41.9 Å². The Balaban J connectivity index is 2.64. The molecule has 0 saturated carbocycles. The van der Waals surface area contributed by atoms with Gasteiger partial charge in [0.2, 0.25) is 0 Å². The Morgan fingerprint density at radius 2 is 2.12 bits per heavy atom. The highest BCUT2D eigenvalue weighted by Crippen LogP contribution is 2.25. The van der Waals surface area contributed by atoms with Gasteiger partial charge in [0.05, 0.1) is 18.6 Å². The van der Waals surface area contributed by atoms with Gasteiger partial charge in [-0.2, -0.15) is 0 Å². The summed E-state index contributed by atoms with van der Waals surface area (Å²) in [5, 5.41) is 19.0. The lowest BCUT2D eigenvalue weighted by atomic mass is 9.95. The molecule has 0 fully saturated rings. The van der Waals surface area contributed by atoms with Gasteiger partial charge in [-0.05, 0) is 13.3 Å². The van der Waals surface area contributed by atoms with Crippen LogP contribution in [0.1, 0.15) is 26.7 Å².